The largest absolute Gasteiger partial charge is 0.480 e. The lowest BCUT2D eigenvalue weighted by Crippen LogP contribution is -2.32. The minimum absolute atomic E-state index is 0.132. The third-order valence-electron chi connectivity index (χ3n) is 1.44. The molecule has 0 saturated heterocycles. The predicted octanol–water partition coefficient (Wildman–Crippen LogP) is 0.780. The number of H-pyrrole nitrogens is 1. The Balaban J connectivity index is 2.74. The fourth-order valence-electron chi connectivity index (χ4n) is 0.800. The first kappa shape index (κ1) is 10.5. The monoisotopic (exact) mass is 267 g/mol. The molecule has 7 heteroatoms. The predicted molar refractivity (Wildman–Crippen MR) is 50.6 cm³/mol. The van der Waals surface area contributed by atoms with Crippen molar-refractivity contribution in [1.82, 2.24) is 9.97 Å². The molecule has 0 aliphatic carbocycles. The second-order valence-corrected chi connectivity index (χ2v) is 3.55. The van der Waals surface area contributed by atoms with Crippen molar-refractivity contribution in [2.75, 3.05) is 0 Å². The van der Waals surface area contributed by atoms with E-state index >= 15 is 0 Å². The van der Waals surface area contributed by atoms with E-state index < -0.39 is 12.0 Å². The molecule has 1 heterocycles. The van der Waals surface area contributed by atoms with Gasteiger partial charge in [0.15, 0.2) is 9.89 Å². The van der Waals surface area contributed by atoms with Gasteiger partial charge < -0.3 is 15.8 Å². The summed E-state index contributed by atoms with van der Waals surface area (Å²) in [5.41, 5.74) is 5.82. The van der Waals surface area contributed by atoms with Gasteiger partial charge in [0.05, 0.1) is 5.69 Å². The molecule has 72 valence electrons. The third kappa shape index (κ3) is 2.68. The molecular formula is C6H7BrClN3O2. The van der Waals surface area contributed by atoms with Gasteiger partial charge in [-0.25, -0.2) is 4.98 Å². The fraction of sp³-hybridized carbons (Fsp3) is 0.333. The van der Waals surface area contributed by atoms with E-state index in [4.69, 9.17) is 22.4 Å². The van der Waals surface area contributed by atoms with E-state index in [2.05, 4.69) is 25.9 Å². The van der Waals surface area contributed by atoms with Crippen LogP contribution in [-0.4, -0.2) is 27.1 Å². The molecule has 1 aromatic heterocycles. The van der Waals surface area contributed by atoms with Crippen LogP contribution < -0.4 is 5.73 Å². The van der Waals surface area contributed by atoms with E-state index in [1.165, 1.54) is 0 Å². The number of hydrogen-bond donors (Lipinski definition) is 3. The van der Waals surface area contributed by atoms with Crippen LogP contribution in [0.2, 0.25) is 5.15 Å². The number of imidazole rings is 1. The first-order valence-electron chi connectivity index (χ1n) is 3.39. The highest BCUT2D eigenvalue weighted by Crippen LogP contribution is 2.17. The van der Waals surface area contributed by atoms with Crippen LogP contribution in [0.3, 0.4) is 0 Å². The lowest BCUT2D eigenvalue weighted by Gasteiger charge is -2.03. The third-order valence-corrected chi connectivity index (χ3v) is 2.13. The van der Waals surface area contributed by atoms with Crippen LogP contribution in [0.25, 0.3) is 0 Å². The van der Waals surface area contributed by atoms with Crippen LogP contribution in [0, 0.1) is 0 Å². The molecule has 0 aliphatic heterocycles. The van der Waals surface area contributed by atoms with Crippen LogP contribution in [0.4, 0.5) is 0 Å². The van der Waals surface area contributed by atoms with Crippen molar-refractivity contribution in [2.45, 2.75) is 12.5 Å². The number of hydrogen-bond acceptors (Lipinski definition) is 3. The maximum Gasteiger partial charge on any atom is 0.320 e. The van der Waals surface area contributed by atoms with Gasteiger partial charge in [0.25, 0.3) is 0 Å². The molecule has 0 aliphatic rings. The standard InChI is InChI=1S/C6H7BrClN3O2/c7-6-10-3(4(8)11-6)1-2(9)5(12)13/h2H,1,9H2,(H,10,11)(H,12,13)/t2-/m0/s1. The zero-order valence-electron chi connectivity index (χ0n) is 6.42. The highest BCUT2D eigenvalue weighted by Gasteiger charge is 2.16. The first-order valence-corrected chi connectivity index (χ1v) is 4.56. The molecule has 0 fully saturated rings. The summed E-state index contributed by atoms with van der Waals surface area (Å²) in [5.74, 6) is -1.07. The molecule has 1 aromatic rings. The van der Waals surface area contributed by atoms with Gasteiger partial charge in [-0.1, -0.05) is 11.6 Å². The zero-order valence-corrected chi connectivity index (χ0v) is 8.76. The number of carboxylic acid groups (broad SMARTS) is 1. The lowest BCUT2D eigenvalue weighted by molar-refractivity contribution is -0.138. The number of nitrogens with one attached hydrogen (secondary N) is 1. The molecule has 0 spiro atoms. The Morgan fingerprint density at radius 1 is 1.85 bits per heavy atom. The van der Waals surface area contributed by atoms with Crippen LogP contribution in [0.1, 0.15) is 5.69 Å². The lowest BCUT2D eigenvalue weighted by atomic mass is 10.2. The van der Waals surface area contributed by atoms with Crippen LogP contribution >= 0.6 is 27.5 Å². The van der Waals surface area contributed by atoms with Crippen LogP contribution in [-0.2, 0) is 11.2 Å². The van der Waals surface area contributed by atoms with Crippen molar-refractivity contribution in [2.24, 2.45) is 5.73 Å². The molecule has 0 radical (unpaired) electrons. The van der Waals surface area contributed by atoms with Gasteiger partial charge in [-0.3, -0.25) is 4.79 Å². The number of nitrogens with two attached hydrogens (primary N) is 1. The number of aliphatic carboxylic acids is 1. The van der Waals surface area contributed by atoms with Gasteiger partial charge in [0.1, 0.15) is 6.04 Å². The Labute approximate surface area is 87.4 Å². The smallest absolute Gasteiger partial charge is 0.320 e. The highest BCUT2D eigenvalue weighted by atomic mass is 79.9. The number of carbonyl (C=O) groups is 1. The Bertz CT molecular complexity index is 328. The zero-order chi connectivity index (χ0) is 10.0. The second kappa shape index (κ2) is 4.08. The maximum absolute atomic E-state index is 10.4. The molecule has 5 nitrogen and oxygen atoms in total. The van der Waals surface area contributed by atoms with E-state index in [0.717, 1.165) is 0 Å². The number of carboxylic acids is 1. The minimum atomic E-state index is -1.07. The Hall–Kier alpha value is -0.590. The molecule has 13 heavy (non-hydrogen) atoms. The second-order valence-electron chi connectivity index (χ2n) is 2.45. The number of nitrogens with zero attached hydrogens (tertiary/aromatic N) is 1. The average Bonchev–Trinajstić information content (AvgIpc) is 2.30. The summed E-state index contributed by atoms with van der Waals surface area (Å²) in [6.07, 6.45) is 0.132. The Morgan fingerprint density at radius 3 is 2.85 bits per heavy atom. The normalized spacial score (nSPS) is 12.8. The van der Waals surface area contributed by atoms with Gasteiger partial charge in [-0.05, 0) is 15.9 Å². The first-order chi connectivity index (χ1) is 6.00. The molecular weight excluding hydrogens is 261 g/mol. The van der Waals surface area contributed by atoms with Crippen molar-refractivity contribution in [3.63, 3.8) is 0 Å². The van der Waals surface area contributed by atoms with E-state index in [9.17, 15) is 4.79 Å². The summed E-state index contributed by atoms with van der Waals surface area (Å²) < 4.78 is 0.463. The van der Waals surface area contributed by atoms with Gasteiger partial charge in [-0.2, -0.15) is 0 Å². The van der Waals surface area contributed by atoms with Crippen molar-refractivity contribution in [3.05, 3.63) is 15.6 Å². The molecule has 1 atom stereocenters. The van der Waals surface area contributed by atoms with Crippen molar-refractivity contribution < 1.29 is 9.90 Å². The fourth-order valence-corrected chi connectivity index (χ4v) is 1.53. The van der Waals surface area contributed by atoms with Crippen molar-refractivity contribution in [1.29, 1.82) is 0 Å². The van der Waals surface area contributed by atoms with Crippen molar-refractivity contribution >= 4 is 33.5 Å². The summed E-state index contributed by atoms with van der Waals surface area (Å²) in [7, 11) is 0. The average molecular weight is 268 g/mol. The number of aromatic nitrogens is 2. The number of aromatic amines is 1. The molecule has 1 rings (SSSR count). The molecule has 0 aromatic carbocycles. The number of halogens is 2. The summed E-state index contributed by atoms with van der Waals surface area (Å²) in [4.78, 5) is 17.0. The van der Waals surface area contributed by atoms with E-state index in [1.54, 1.807) is 0 Å². The van der Waals surface area contributed by atoms with Crippen LogP contribution in [0.5, 0.6) is 0 Å². The molecule has 4 N–H and O–H groups in total. The SMILES string of the molecule is N[C@@H](Cc1[nH]c(Br)nc1Cl)C(=O)O. The summed E-state index contributed by atoms with van der Waals surface area (Å²) >= 11 is 8.74. The molecule has 0 bridgehead atoms. The summed E-state index contributed by atoms with van der Waals surface area (Å²) in [5, 5.41) is 8.77. The van der Waals surface area contributed by atoms with Crippen molar-refractivity contribution in [3.8, 4) is 0 Å². The highest BCUT2D eigenvalue weighted by molar-refractivity contribution is 9.10. The van der Waals surface area contributed by atoms with E-state index in [0.29, 0.717) is 10.4 Å². The molecule has 0 unspecified atom stereocenters. The van der Waals surface area contributed by atoms with E-state index in [-0.39, 0.29) is 11.6 Å². The van der Waals surface area contributed by atoms with Gasteiger partial charge in [0, 0.05) is 6.42 Å². The van der Waals surface area contributed by atoms with Gasteiger partial charge in [0.2, 0.25) is 0 Å². The summed E-state index contributed by atoms with van der Waals surface area (Å²) in [6, 6.07) is -0.968. The molecule has 0 amide bonds. The Morgan fingerprint density at radius 2 is 2.46 bits per heavy atom. The van der Waals surface area contributed by atoms with Crippen LogP contribution in [0.15, 0.2) is 4.73 Å². The van der Waals surface area contributed by atoms with Gasteiger partial charge >= 0.3 is 5.97 Å². The summed E-state index contributed by atoms with van der Waals surface area (Å²) in [6.45, 7) is 0. The number of rotatable bonds is 3. The maximum atomic E-state index is 10.4. The quantitative estimate of drug-likeness (QED) is 0.755. The topological polar surface area (TPSA) is 92.0 Å². The van der Waals surface area contributed by atoms with Gasteiger partial charge in [-0.15, -0.1) is 0 Å². The molecule has 0 saturated carbocycles. The van der Waals surface area contributed by atoms with E-state index in [1.807, 2.05) is 0 Å². The Kier molecular flexibility index (Phi) is 3.29. The minimum Gasteiger partial charge on any atom is -0.480 e.